The number of hydrogen-bond acceptors (Lipinski definition) is 5. The molecule has 0 radical (unpaired) electrons. The van der Waals surface area contributed by atoms with E-state index in [1.807, 2.05) is 25.1 Å². The lowest BCUT2D eigenvalue weighted by Gasteiger charge is -2.03. The molecule has 0 aliphatic rings. The Morgan fingerprint density at radius 3 is 2.94 bits per heavy atom. The van der Waals surface area contributed by atoms with Crippen molar-refractivity contribution in [2.45, 2.75) is 20.0 Å². The Morgan fingerprint density at radius 1 is 1.35 bits per heavy atom. The van der Waals surface area contributed by atoms with Crippen LogP contribution in [0.3, 0.4) is 0 Å². The van der Waals surface area contributed by atoms with Gasteiger partial charge in [0.25, 0.3) is 0 Å². The first-order valence-electron chi connectivity index (χ1n) is 5.40. The number of aryl methyl sites for hydroxylation is 1. The smallest absolute Gasteiger partial charge is 0.213 e. The average molecular weight is 233 g/mol. The summed E-state index contributed by atoms with van der Waals surface area (Å²) in [5.74, 6) is 2.13. The highest BCUT2D eigenvalue weighted by molar-refractivity contribution is 5.15. The highest BCUT2D eigenvalue weighted by Gasteiger charge is 2.01. The predicted octanol–water partition coefficient (Wildman–Crippen LogP) is 1.68. The van der Waals surface area contributed by atoms with Crippen LogP contribution in [0, 0.1) is 6.92 Å². The lowest BCUT2D eigenvalue weighted by Crippen LogP contribution is -2.13. The van der Waals surface area contributed by atoms with Crippen molar-refractivity contribution < 1.29 is 9.15 Å². The molecular weight excluding hydrogens is 218 g/mol. The number of methoxy groups -OCH3 is 1. The van der Waals surface area contributed by atoms with Crippen LogP contribution in [0.15, 0.2) is 28.8 Å². The molecule has 0 aliphatic carbocycles. The summed E-state index contributed by atoms with van der Waals surface area (Å²) in [5.41, 5.74) is 0.924. The summed E-state index contributed by atoms with van der Waals surface area (Å²) >= 11 is 0. The standard InChI is InChI=1S/C12H15N3O2/c1-9-6-14-12(17-9)8-13-7-10-4-3-5-11(15-10)16-2/h3-6,13H,7-8H2,1-2H3. The highest BCUT2D eigenvalue weighted by Crippen LogP contribution is 2.06. The summed E-state index contributed by atoms with van der Waals surface area (Å²) in [6.45, 7) is 3.12. The first-order valence-corrected chi connectivity index (χ1v) is 5.40. The van der Waals surface area contributed by atoms with Gasteiger partial charge in [-0.15, -0.1) is 0 Å². The first kappa shape index (κ1) is 11.6. The lowest BCUT2D eigenvalue weighted by molar-refractivity contribution is 0.395. The number of aromatic nitrogens is 2. The van der Waals surface area contributed by atoms with Gasteiger partial charge in [0.1, 0.15) is 5.76 Å². The van der Waals surface area contributed by atoms with Crippen molar-refractivity contribution in [3.8, 4) is 5.88 Å². The maximum absolute atomic E-state index is 5.35. The molecular formula is C12H15N3O2. The molecule has 5 heteroatoms. The van der Waals surface area contributed by atoms with E-state index in [0.29, 0.717) is 24.9 Å². The molecule has 0 aliphatic heterocycles. The molecule has 0 saturated heterocycles. The van der Waals surface area contributed by atoms with E-state index in [2.05, 4.69) is 15.3 Å². The van der Waals surface area contributed by atoms with Gasteiger partial charge in [0.15, 0.2) is 0 Å². The monoisotopic (exact) mass is 233 g/mol. The summed E-state index contributed by atoms with van der Waals surface area (Å²) in [6.07, 6.45) is 1.71. The van der Waals surface area contributed by atoms with E-state index < -0.39 is 0 Å². The zero-order valence-electron chi connectivity index (χ0n) is 9.93. The van der Waals surface area contributed by atoms with Crippen LogP contribution >= 0.6 is 0 Å². The van der Waals surface area contributed by atoms with Gasteiger partial charge in [-0.05, 0) is 13.0 Å². The molecule has 0 bridgehead atoms. The third-order valence-electron chi connectivity index (χ3n) is 2.24. The van der Waals surface area contributed by atoms with E-state index in [9.17, 15) is 0 Å². The molecule has 0 amide bonds. The number of pyridine rings is 1. The second-order valence-electron chi connectivity index (χ2n) is 3.64. The van der Waals surface area contributed by atoms with Crippen LogP contribution in [-0.2, 0) is 13.1 Å². The van der Waals surface area contributed by atoms with Gasteiger partial charge in [0, 0.05) is 12.6 Å². The van der Waals surface area contributed by atoms with Crippen LogP contribution in [-0.4, -0.2) is 17.1 Å². The number of rotatable bonds is 5. The zero-order chi connectivity index (χ0) is 12.1. The van der Waals surface area contributed by atoms with E-state index in [4.69, 9.17) is 9.15 Å². The van der Waals surface area contributed by atoms with Crippen molar-refractivity contribution in [3.63, 3.8) is 0 Å². The fourth-order valence-corrected chi connectivity index (χ4v) is 1.45. The summed E-state index contributed by atoms with van der Waals surface area (Å²) < 4.78 is 10.4. The average Bonchev–Trinajstić information content (AvgIpc) is 2.75. The lowest BCUT2D eigenvalue weighted by atomic mass is 10.3. The van der Waals surface area contributed by atoms with E-state index in [1.165, 1.54) is 0 Å². The summed E-state index contributed by atoms with van der Waals surface area (Å²) in [6, 6.07) is 5.68. The normalized spacial score (nSPS) is 10.5. The number of hydrogen-bond donors (Lipinski definition) is 1. The molecule has 2 rings (SSSR count). The molecule has 1 N–H and O–H groups in total. The number of nitrogens with zero attached hydrogens (tertiary/aromatic N) is 2. The quantitative estimate of drug-likeness (QED) is 0.851. The molecule has 5 nitrogen and oxygen atoms in total. The third kappa shape index (κ3) is 3.29. The molecule has 2 heterocycles. The molecule has 0 fully saturated rings. The van der Waals surface area contributed by atoms with Gasteiger partial charge >= 0.3 is 0 Å². The third-order valence-corrected chi connectivity index (χ3v) is 2.24. The fraction of sp³-hybridized carbons (Fsp3) is 0.333. The summed E-state index contributed by atoms with van der Waals surface area (Å²) in [5, 5.41) is 3.21. The van der Waals surface area contributed by atoms with Gasteiger partial charge in [-0.25, -0.2) is 9.97 Å². The molecule has 0 atom stereocenters. The topological polar surface area (TPSA) is 60.2 Å². The molecule has 17 heavy (non-hydrogen) atoms. The van der Waals surface area contributed by atoms with Gasteiger partial charge in [-0.3, -0.25) is 0 Å². The number of ether oxygens (including phenoxy) is 1. The molecule has 90 valence electrons. The van der Waals surface area contributed by atoms with Gasteiger partial charge < -0.3 is 14.5 Å². The second-order valence-corrected chi connectivity index (χ2v) is 3.64. The van der Waals surface area contributed by atoms with Crippen molar-refractivity contribution in [3.05, 3.63) is 41.7 Å². The minimum absolute atomic E-state index is 0.590. The van der Waals surface area contributed by atoms with Crippen molar-refractivity contribution >= 4 is 0 Å². The first-order chi connectivity index (χ1) is 8.28. The Kier molecular flexibility index (Phi) is 3.72. The van der Waals surface area contributed by atoms with Crippen molar-refractivity contribution in [2.75, 3.05) is 7.11 Å². The van der Waals surface area contributed by atoms with E-state index in [1.54, 1.807) is 13.3 Å². The molecule has 0 unspecified atom stereocenters. The molecule has 0 saturated carbocycles. The van der Waals surface area contributed by atoms with Crippen molar-refractivity contribution in [1.82, 2.24) is 15.3 Å². The van der Waals surface area contributed by atoms with Gasteiger partial charge in [-0.1, -0.05) is 6.07 Å². The molecule has 0 aromatic carbocycles. The largest absolute Gasteiger partial charge is 0.481 e. The minimum atomic E-state index is 0.590. The Bertz CT molecular complexity index is 482. The van der Waals surface area contributed by atoms with Gasteiger partial charge in [0.2, 0.25) is 11.8 Å². The maximum Gasteiger partial charge on any atom is 0.213 e. The van der Waals surface area contributed by atoms with E-state index in [-0.39, 0.29) is 0 Å². The van der Waals surface area contributed by atoms with Crippen molar-refractivity contribution in [2.24, 2.45) is 0 Å². The van der Waals surface area contributed by atoms with Crippen LogP contribution in [0.1, 0.15) is 17.3 Å². The maximum atomic E-state index is 5.35. The number of nitrogens with one attached hydrogen (secondary N) is 1. The zero-order valence-corrected chi connectivity index (χ0v) is 9.93. The minimum Gasteiger partial charge on any atom is -0.481 e. The molecule has 2 aromatic rings. The highest BCUT2D eigenvalue weighted by atomic mass is 16.5. The van der Waals surface area contributed by atoms with Crippen molar-refractivity contribution in [1.29, 1.82) is 0 Å². The van der Waals surface area contributed by atoms with Crippen LogP contribution in [0.2, 0.25) is 0 Å². The summed E-state index contributed by atoms with van der Waals surface area (Å²) in [7, 11) is 1.61. The fourth-order valence-electron chi connectivity index (χ4n) is 1.45. The van der Waals surface area contributed by atoms with Crippen LogP contribution in [0.4, 0.5) is 0 Å². The SMILES string of the molecule is COc1cccc(CNCc2ncc(C)o2)n1. The molecule has 0 spiro atoms. The van der Waals surface area contributed by atoms with Crippen LogP contribution < -0.4 is 10.1 Å². The summed E-state index contributed by atoms with van der Waals surface area (Å²) in [4.78, 5) is 8.40. The Morgan fingerprint density at radius 2 is 2.24 bits per heavy atom. The number of oxazole rings is 1. The van der Waals surface area contributed by atoms with E-state index >= 15 is 0 Å². The van der Waals surface area contributed by atoms with Gasteiger partial charge in [0.05, 0.1) is 25.5 Å². The Balaban J connectivity index is 1.85. The Labute approximate surface area is 99.8 Å². The molecule has 2 aromatic heterocycles. The van der Waals surface area contributed by atoms with Crippen LogP contribution in [0.25, 0.3) is 0 Å². The van der Waals surface area contributed by atoms with Crippen LogP contribution in [0.5, 0.6) is 5.88 Å². The predicted molar refractivity (Wildman–Crippen MR) is 62.6 cm³/mol. The Hall–Kier alpha value is -1.88. The van der Waals surface area contributed by atoms with E-state index in [0.717, 1.165) is 11.5 Å². The van der Waals surface area contributed by atoms with Gasteiger partial charge in [-0.2, -0.15) is 0 Å². The second kappa shape index (κ2) is 5.45.